The van der Waals surface area contributed by atoms with Gasteiger partial charge in [-0.2, -0.15) is 0 Å². The van der Waals surface area contributed by atoms with Gasteiger partial charge in [-0.25, -0.2) is 4.79 Å². The molecule has 0 aromatic carbocycles. The summed E-state index contributed by atoms with van der Waals surface area (Å²) >= 11 is 0. The van der Waals surface area contributed by atoms with Gasteiger partial charge in [0.1, 0.15) is 0 Å². The van der Waals surface area contributed by atoms with Crippen molar-refractivity contribution in [2.75, 3.05) is 13.2 Å². The Morgan fingerprint density at radius 3 is 3.00 bits per heavy atom. The maximum Gasteiger partial charge on any atom is 0.333 e. The number of hydrogen-bond donors (Lipinski definition) is 1. The number of nitrogens with one attached hydrogen (secondary N) is 1. The maximum absolute atomic E-state index is 11.5. The molecule has 98 valence electrons. The van der Waals surface area contributed by atoms with Gasteiger partial charge >= 0.3 is 5.97 Å². The molecule has 1 unspecified atom stereocenters. The van der Waals surface area contributed by atoms with Crippen molar-refractivity contribution in [3.05, 3.63) is 11.6 Å². The lowest BCUT2D eigenvalue weighted by Gasteiger charge is -2.15. The van der Waals surface area contributed by atoms with Crippen LogP contribution in [0.15, 0.2) is 11.6 Å². The third-order valence-electron chi connectivity index (χ3n) is 3.19. The van der Waals surface area contributed by atoms with Crippen LogP contribution in [0.3, 0.4) is 0 Å². The van der Waals surface area contributed by atoms with E-state index < -0.39 is 0 Å². The third kappa shape index (κ3) is 5.87. The Balaban J connectivity index is 2.18. The van der Waals surface area contributed by atoms with Gasteiger partial charge in [-0.05, 0) is 39.2 Å². The number of rotatable bonds is 5. The summed E-state index contributed by atoms with van der Waals surface area (Å²) in [7, 11) is 0. The minimum absolute atomic E-state index is 0.166. The molecule has 1 aliphatic rings. The quantitative estimate of drug-likeness (QED) is 0.592. The van der Waals surface area contributed by atoms with Crippen molar-refractivity contribution < 1.29 is 9.53 Å². The molecule has 1 aliphatic heterocycles. The molecule has 0 aromatic rings. The lowest BCUT2D eigenvalue weighted by atomic mass is 10.1. The highest BCUT2D eigenvalue weighted by molar-refractivity contribution is 5.87. The molecule has 0 spiro atoms. The highest BCUT2D eigenvalue weighted by atomic mass is 16.5. The average molecular weight is 239 g/mol. The van der Waals surface area contributed by atoms with Crippen molar-refractivity contribution in [3.8, 4) is 0 Å². The fourth-order valence-electron chi connectivity index (χ4n) is 2.14. The lowest BCUT2D eigenvalue weighted by molar-refractivity contribution is -0.139. The van der Waals surface area contributed by atoms with Gasteiger partial charge in [-0.1, -0.05) is 25.8 Å². The Morgan fingerprint density at radius 1 is 1.41 bits per heavy atom. The molecule has 1 N–H and O–H groups in total. The first-order chi connectivity index (χ1) is 8.24. The van der Waals surface area contributed by atoms with Gasteiger partial charge in [0, 0.05) is 11.6 Å². The van der Waals surface area contributed by atoms with Gasteiger partial charge in [-0.15, -0.1) is 0 Å². The Bertz CT molecular complexity index is 253. The van der Waals surface area contributed by atoms with Crippen LogP contribution in [0.25, 0.3) is 0 Å². The first kappa shape index (κ1) is 14.2. The lowest BCUT2D eigenvalue weighted by Crippen LogP contribution is -2.29. The van der Waals surface area contributed by atoms with Crippen molar-refractivity contribution in [2.45, 2.75) is 58.4 Å². The molecular formula is C14H25NO2. The van der Waals surface area contributed by atoms with Crippen molar-refractivity contribution in [1.82, 2.24) is 5.32 Å². The van der Waals surface area contributed by atoms with E-state index in [0.29, 0.717) is 12.6 Å². The number of allylic oxidation sites excluding steroid dienone is 1. The van der Waals surface area contributed by atoms with E-state index in [-0.39, 0.29) is 5.97 Å². The molecule has 0 bridgehead atoms. The fraction of sp³-hybridized carbons (Fsp3) is 0.786. The summed E-state index contributed by atoms with van der Waals surface area (Å²) in [5.74, 6) is -0.166. The summed E-state index contributed by atoms with van der Waals surface area (Å²) in [6, 6.07) is 0.528. The molecule has 0 aliphatic carbocycles. The van der Waals surface area contributed by atoms with Crippen LogP contribution in [0.1, 0.15) is 52.4 Å². The monoisotopic (exact) mass is 239 g/mol. The van der Waals surface area contributed by atoms with E-state index >= 15 is 0 Å². The molecular weight excluding hydrogens is 214 g/mol. The molecule has 1 fully saturated rings. The first-order valence-corrected chi connectivity index (χ1v) is 6.81. The highest BCUT2D eigenvalue weighted by Gasteiger charge is 2.12. The summed E-state index contributed by atoms with van der Waals surface area (Å²) in [4.78, 5) is 11.5. The Morgan fingerprint density at radius 2 is 2.24 bits per heavy atom. The van der Waals surface area contributed by atoms with E-state index in [1.165, 1.54) is 25.7 Å². The molecule has 1 rings (SSSR count). The normalized spacial score (nSPS) is 22.0. The van der Waals surface area contributed by atoms with Gasteiger partial charge in [-0.3, -0.25) is 0 Å². The Kier molecular flexibility index (Phi) is 6.94. The second-order valence-corrected chi connectivity index (χ2v) is 4.72. The molecule has 0 radical (unpaired) electrons. The maximum atomic E-state index is 11.5. The highest BCUT2D eigenvalue weighted by Crippen LogP contribution is 2.11. The SMILES string of the molecule is CCC=C(C)C(=O)OCCC1CCCCCN1. The zero-order chi connectivity index (χ0) is 12.5. The predicted molar refractivity (Wildman–Crippen MR) is 69.9 cm³/mol. The topological polar surface area (TPSA) is 38.3 Å². The molecule has 3 heteroatoms. The largest absolute Gasteiger partial charge is 0.462 e. The molecule has 3 nitrogen and oxygen atoms in total. The molecule has 1 saturated heterocycles. The first-order valence-electron chi connectivity index (χ1n) is 6.81. The Hall–Kier alpha value is -0.830. The van der Waals surface area contributed by atoms with Crippen LogP contribution in [-0.2, 0) is 9.53 Å². The summed E-state index contributed by atoms with van der Waals surface area (Å²) < 4.78 is 5.25. The minimum Gasteiger partial charge on any atom is -0.462 e. The number of carbonyl (C=O) groups is 1. The van der Waals surface area contributed by atoms with Crippen LogP contribution >= 0.6 is 0 Å². The zero-order valence-corrected chi connectivity index (χ0v) is 11.1. The van der Waals surface area contributed by atoms with Crippen LogP contribution in [0.2, 0.25) is 0 Å². The zero-order valence-electron chi connectivity index (χ0n) is 11.1. The van der Waals surface area contributed by atoms with Gasteiger partial charge in [0.15, 0.2) is 0 Å². The second kappa shape index (κ2) is 8.29. The van der Waals surface area contributed by atoms with Gasteiger partial charge in [0.05, 0.1) is 6.61 Å². The summed E-state index contributed by atoms with van der Waals surface area (Å²) in [5.41, 5.74) is 0.723. The van der Waals surface area contributed by atoms with Crippen LogP contribution in [0, 0.1) is 0 Å². The van der Waals surface area contributed by atoms with Crippen LogP contribution in [0.5, 0.6) is 0 Å². The third-order valence-corrected chi connectivity index (χ3v) is 3.19. The molecule has 0 aromatic heterocycles. The molecule has 17 heavy (non-hydrogen) atoms. The van der Waals surface area contributed by atoms with E-state index in [0.717, 1.165) is 25.0 Å². The smallest absolute Gasteiger partial charge is 0.333 e. The average Bonchev–Trinajstić information content (AvgIpc) is 2.58. The number of esters is 1. The summed E-state index contributed by atoms with van der Waals surface area (Å²) in [5, 5.41) is 3.50. The van der Waals surface area contributed by atoms with Crippen LogP contribution in [-0.4, -0.2) is 25.2 Å². The second-order valence-electron chi connectivity index (χ2n) is 4.72. The number of ether oxygens (including phenoxy) is 1. The van der Waals surface area contributed by atoms with E-state index in [2.05, 4.69) is 5.32 Å². The summed E-state index contributed by atoms with van der Waals surface area (Å²) in [6.45, 7) is 5.47. The Labute approximate surface area is 105 Å². The van der Waals surface area contributed by atoms with Crippen LogP contribution < -0.4 is 5.32 Å². The van der Waals surface area contributed by atoms with Crippen molar-refractivity contribution >= 4 is 5.97 Å². The molecule has 1 heterocycles. The predicted octanol–water partition coefficient (Wildman–Crippen LogP) is 2.81. The fourth-order valence-corrected chi connectivity index (χ4v) is 2.14. The molecule has 1 atom stereocenters. The molecule has 0 saturated carbocycles. The van der Waals surface area contributed by atoms with Gasteiger partial charge < -0.3 is 10.1 Å². The van der Waals surface area contributed by atoms with Crippen LogP contribution in [0.4, 0.5) is 0 Å². The van der Waals surface area contributed by atoms with Crippen molar-refractivity contribution in [3.63, 3.8) is 0 Å². The number of hydrogen-bond acceptors (Lipinski definition) is 3. The van der Waals surface area contributed by atoms with E-state index in [4.69, 9.17) is 4.74 Å². The van der Waals surface area contributed by atoms with E-state index in [9.17, 15) is 4.79 Å². The van der Waals surface area contributed by atoms with Crippen molar-refractivity contribution in [2.24, 2.45) is 0 Å². The number of carbonyl (C=O) groups excluding carboxylic acids is 1. The molecule has 0 amide bonds. The van der Waals surface area contributed by atoms with E-state index in [1.54, 1.807) is 0 Å². The minimum atomic E-state index is -0.166. The van der Waals surface area contributed by atoms with Gasteiger partial charge in [0.2, 0.25) is 0 Å². The summed E-state index contributed by atoms with van der Waals surface area (Å²) in [6.07, 6.45) is 8.82. The van der Waals surface area contributed by atoms with Crippen molar-refractivity contribution in [1.29, 1.82) is 0 Å². The van der Waals surface area contributed by atoms with Gasteiger partial charge in [0.25, 0.3) is 0 Å². The van der Waals surface area contributed by atoms with E-state index in [1.807, 2.05) is 19.9 Å². The standard InChI is InChI=1S/C14H25NO2/c1-3-7-12(2)14(16)17-11-9-13-8-5-4-6-10-15-13/h7,13,15H,3-6,8-11H2,1-2H3.